The highest BCUT2D eigenvalue weighted by atomic mass is 16.5. The zero-order chi connectivity index (χ0) is 16.1. The maximum atomic E-state index is 11.7. The third-order valence-electron chi connectivity index (χ3n) is 4.48. The fraction of sp³-hybridized carbons (Fsp3) is 0.611. The minimum Gasteiger partial charge on any atom is -0.497 e. The molecule has 4 heteroatoms. The van der Waals surface area contributed by atoms with Gasteiger partial charge in [-0.2, -0.15) is 0 Å². The fourth-order valence-corrected chi connectivity index (χ4v) is 3.09. The van der Waals surface area contributed by atoms with E-state index in [0.29, 0.717) is 12.3 Å². The summed E-state index contributed by atoms with van der Waals surface area (Å²) < 4.78 is 5.32. The summed E-state index contributed by atoms with van der Waals surface area (Å²) in [6, 6.07) is 6.63. The number of rotatable bonds is 6. The Bertz CT molecular complexity index is 514. The van der Waals surface area contributed by atoms with Crippen LogP contribution in [0.1, 0.15) is 43.2 Å². The Labute approximate surface area is 133 Å². The molecule has 1 aliphatic rings. The summed E-state index contributed by atoms with van der Waals surface area (Å²) in [4.78, 5) is 13.4. The van der Waals surface area contributed by atoms with Gasteiger partial charge in [-0.25, -0.2) is 0 Å². The highest BCUT2D eigenvalue weighted by molar-refractivity contribution is 5.76. The molecule has 4 nitrogen and oxygen atoms in total. The molecule has 122 valence electrons. The van der Waals surface area contributed by atoms with E-state index in [-0.39, 0.29) is 11.9 Å². The van der Waals surface area contributed by atoms with Crippen molar-refractivity contribution >= 4 is 5.91 Å². The standard InChI is InChI=1S/C18H28N2O2/c1-13(10-18(21)20(2)3)19-12-15-7-5-6-14-11-16(22-4)8-9-17(14)15/h8-9,11,13,15,19H,5-7,10,12H2,1-4H3/t13-,15-/m1/s1. The van der Waals surface area contributed by atoms with E-state index in [4.69, 9.17) is 4.74 Å². The Morgan fingerprint density at radius 2 is 2.23 bits per heavy atom. The molecular weight excluding hydrogens is 276 g/mol. The molecule has 1 amide bonds. The van der Waals surface area contributed by atoms with Crippen molar-refractivity contribution in [1.29, 1.82) is 0 Å². The van der Waals surface area contributed by atoms with Gasteiger partial charge >= 0.3 is 0 Å². The second-order valence-electron chi connectivity index (χ2n) is 6.46. The molecule has 1 aromatic carbocycles. The second-order valence-corrected chi connectivity index (χ2v) is 6.46. The Kier molecular flexibility index (Phi) is 5.83. The lowest BCUT2D eigenvalue weighted by Gasteiger charge is -2.27. The number of amides is 1. The first-order valence-corrected chi connectivity index (χ1v) is 8.11. The van der Waals surface area contributed by atoms with Crippen LogP contribution >= 0.6 is 0 Å². The lowest BCUT2D eigenvalue weighted by Crippen LogP contribution is -2.36. The molecule has 0 saturated heterocycles. The van der Waals surface area contributed by atoms with Gasteiger partial charge in [0.15, 0.2) is 0 Å². The SMILES string of the molecule is COc1ccc2c(c1)CCC[C@@H]2CN[C@H](C)CC(=O)N(C)C. The lowest BCUT2D eigenvalue weighted by atomic mass is 9.82. The molecule has 1 aliphatic carbocycles. The molecule has 0 spiro atoms. The molecule has 0 heterocycles. The summed E-state index contributed by atoms with van der Waals surface area (Å²) in [7, 11) is 5.33. The monoisotopic (exact) mass is 304 g/mol. The van der Waals surface area contributed by atoms with Crippen LogP contribution in [0.4, 0.5) is 0 Å². The average Bonchev–Trinajstić information content (AvgIpc) is 2.52. The first-order chi connectivity index (χ1) is 10.5. The molecule has 2 atom stereocenters. The van der Waals surface area contributed by atoms with Crippen LogP contribution in [0.25, 0.3) is 0 Å². The quantitative estimate of drug-likeness (QED) is 0.878. The van der Waals surface area contributed by atoms with Crippen molar-refractivity contribution in [2.45, 2.75) is 44.6 Å². The Morgan fingerprint density at radius 1 is 1.45 bits per heavy atom. The van der Waals surface area contributed by atoms with Gasteiger partial charge in [0.25, 0.3) is 0 Å². The zero-order valence-electron chi connectivity index (χ0n) is 14.2. The smallest absolute Gasteiger partial charge is 0.223 e. The molecule has 1 aromatic rings. The summed E-state index contributed by atoms with van der Waals surface area (Å²) in [6.45, 7) is 3.01. The van der Waals surface area contributed by atoms with Crippen LogP contribution in [-0.2, 0) is 11.2 Å². The zero-order valence-corrected chi connectivity index (χ0v) is 14.2. The number of hydrogen-bond donors (Lipinski definition) is 1. The van der Waals surface area contributed by atoms with Crippen LogP contribution in [0.5, 0.6) is 5.75 Å². The lowest BCUT2D eigenvalue weighted by molar-refractivity contribution is -0.129. The topological polar surface area (TPSA) is 41.6 Å². The van der Waals surface area contributed by atoms with Crippen LogP contribution < -0.4 is 10.1 Å². The number of hydrogen-bond acceptors (Lipinski definition) is 3. The summed E-state index contributed by atoms with van der Waals surface area (Å²) >= 11 is 0. The van der Waals surface area contributed by atoms with Gasteiger partial charge < -0.3 is 15.0 Å². The van der Waals surface area contributed by atoms with Gasteiger partial charge in [0.05, 0.1) is 7.11 Å². The van der Waals surface area contributed by atoms with Crippen LogP contribution in [0, 0.1) is 0 Å². The minimum absolute atomic E-state index is 0.175. The van der Waals surface area contributed by atoms with Gasteiger partial charge in [0, 0.05) is 33.1 Å². The van der Waals surface area contributed by atoms with Crippen molar-refractivity contribution in [3.63, 3.8) is 0 Å². The van der Waals surface area contributed by atoms with Gasteiger partial charge in [0.2, 0.25) is 5.91 Å². The van der Waals surface area contributed by atoms with Gasteiger partial charge in [-0.05, 0) is 55.4 Å². The number of fused-ring (bicyclic) bond motifs is 1. The number of nitrogens with zero attached hydrogens (tertiary/aromatic N) is 1. The molecule has 0 aromatic heterocycles. The highest BCUT2D eigenvalue weighted by Gasteiger charge is 2.21. The van der Waals surface area contributed by atoms with E-state index in [0.717, 1.165) is 18.7 Å². The van der Waals surface area contributed by atoms with Crippen molar-refractivity contribution in [2.24, 2.45) is 0 Å². The Balaban J connectivity index is 1.93. The van der Waals surface area contributed by atoms with Gasteiger partial charge in [-0.15, -0.1) is 0 Å². The summed E-state index contributed by atoms with van der Waals surface area (Å²) in [6.07, 6.45) is 4.12. The van der Waals surface area contributed by atoms with E-state index in [1.54, 1.807) is 26.1 Å². The largest absolute Gasteiger partial charge is 0.497 e. The van der Waals surface area contributed by atoms with Crippen molar-refractivity contribution in [1.82, 2.24) is 10.2 Å². The molecule has 2 rings (SSSR count). The van der Waals surface area contributed by atoms with E-state index in [1.807, 2.05) is 0 Å². The van der Waals surface area contributed by atoms with Gasteiger partial charge in [-0.1, -0.05) is 6.07 Å². The van der Waals surface area contributed by atoms with Crippen molar-refractivity contribution in [2.75, 3.05) is 27.7 Å². The summed E-state index contributed by atoms with van der Waals surface area (Å²) in [5, 5.41) is 3.53. The number of benzene rings is 1. The normalized spacial score (nSPS) is 18.5. The maximum Gasteiger partial charge on any atom is 0.223 e. The van der Waals surface area contributed by atoms with Gasteiger partial charge in [-0.3, -0.25) is 4.79 Å². The predicted molar refractivity (Wildman–Crippen MR) is 89.4 cm³/mol. The maximum absolute atomic E-state index is 11.7. The third-order valence-corrected chi connectivity index (χ3v) is 4.48. The number of aryl methyl sites for hydroxylation is 1. The molecule has 1 N–H and O–H groups in total. The van der Waals surface area contributed by atoms with E-state index >= 15 is 0 Å². The van der Waals surface area contributed by atoms with E-state index in [9.17, 15) is 4.79 Å². The van der Waals surface area contributed by atoms with Crippen LogP contribution in [0.2, 0.25) is 0 Å². The molecule has 0 fully saturated rings. The number of carbonyl (C=O) groups is 1. The molecule has 0 radical (unpaired) electrons. The first kappa shape index (κ1) is 16.8. The van der Waals surface area contributed by atoms with E-state index in [2.05, 4.69) is 30.4 Å². The van der Waals surface area contributed by atoms with Gasteiger partial charge in [0.1, 0.15) is 5.75 Å². The molecular formula is C18H28N2O2. The van der Waals surface area contributed by atoms with Crippen molar-refractivity contribution in [3.8, 4) is 5.75 Å². The third kappa shape index (κ3) is 4.23. The molecule has 0 saturated carbocycles. The Hall–Kier alpha value is -1.55. The fourth-order valence-electron chi connectivity index (χ4n) is 3.09. The average molecular weight is 304 g/mol. The minimum atomic E-state index is 0.175. The number of nitrogens with one attached hydrogen (secondary N) is 1. The molecule has 0 bridgehead atoms. The number of methoxy groups -OCH3 is 1. The van der Waals surface area contributed by atoms with Crippen LogP contribution in [0.3, 0.4) is 0 Å². The number of ether oxygens (including phenoxy) is 1. The molecule has 0 unspecified atom stereocenters. The molecule has 22 heavy (non-hydrogen) atoms. The van der Waals surface area contributed by atoms with Crippen LogP contribution in [0.15, 0.2) is 18.2 Å². The van der Waals surface area contributed by atoms with Crippen LogP contribution in [-0.4, -0.2) is 44.6 Å². The van der Waals surface area contributed by atoms with Crippen molar-refractivity contribution in [3.05, 3.63) is 29.3 Å². The predicted octanol–water partition coefficient (Wildman–Crippen LogP) is 2.57. The van der Waals surface area contributed by atoms with E-state index in [1.165, 1.54) is 24.0 Å². The Morgan fingerprint density at radius 3 is 2.91 bits per heavy atom. The second kappa shape index (κ2) is 7.63. The number of carbonyl (C=O) groups excluding carboxylic acids is 1. The highest BCUT2D eigenvalue weighted by Crippen LogP contribution is 2.33. The van der Waals surface area contributed by atoms with E-state index < -0.39 is 0 Å². The van der Waals surface area contributed by atoms with Crippen molar-refractivity contribution < 1.29 is 9.53 Å². The summed E-state index contributed by atoms with van der Waals surface area (Å²) in [5.74, 6) is 1.65. The summed E-state index contributed by atoms with van der Waals surface area (Å²) in [5.41, 5.74) is 2.85. The molecule has 0 aliphatic heterocycles. The first-order valence-electron chi connectivity index (χ1n) is 8.11.